The quantitative estimate of drug-likeness (QED) is 0.137. The molecule has 0 saturated heterocycles. The fourth-order valence-corrected chi connectivity index (χ4v) is 3.68. The van der Waals surface area contributed by atoms with Crippen molar-refractivity contribution in [1.29, 1.82) is 0 Å². The number of ether oxygens (including phenoxy) is 1. The smallest absolute Gasteiger partial charge is 0.305 e. The Morgan fingerprint density at radius 2 is 1.21 bits per heavy atom. The van der Waals surface area contributed by atoms with Crippen LogP contribution in [0, 0.1) is 0 Å². The van der Waals surface area contributed by atoms with Crippen LogP contribution in [0.4, 0.5) is 0 Å². The van der Waals surface area contributed by atoms with Crippen LogP contribution in [0.15, 0.2) is 0 Å². The minimum Gasteiger partial charge on any atom is -0.464 e. The maximum Gasteiger partial charge on any atom is 0.305 e. The van der Waals surface area contributed by atoms with Gasteiger partial charge in [0.1, 0.15) is 6.61 Å². The van der Waals surface area contributed by atoms with Gasteiger partial charge in [0.25, 0.3) is 10.1 Å². The Kier molecular flexibility index (Phi) is 20.1. The molecule has 0 aliphatic carbocycles. The average molecular weight is 436 g/mol. The van der Waals surface area contributed by atoms with Crippen LogP contribution in [-0.4, -0.2) is 44.4 Å². The molecule has 0 radical (unpaired) electrons. The zero-order chi connectivity index (χ0) is 21.6. The highest BCUT2D eigenvalue weighted by Gasteiger charge is 2.04. The van der Waals surface area contributed by atoms with E-state index in [2.05, 4.69) is 12.2 Å². The summed E-state index contributed by atoms with van der Waals surface area (Å²) < 4.78 is 34.7. The lowest BCUT2D eigenvalue weighted by Gasteiger charge is -2.06. The van der Waals surface area contributed by atoms with Crippen LogP contribution in [0.5, 0.6) is 0 Å². The largest absolute Gasteiger partial charge is 0.464 e. The number of rotatable bonds is 22. The van der Waals surface area contributed by atoms with E-state index >= 15 is 0 Å². The second-order valence-electron chi connectivity index (χ2n) is 7.96. The fraction of sp³-hybridized carbons (Fsp3) is 0.955. The molecule has 2 N–H and O–H groups in total. The third kappa shape index (κ3) is 25.3. The number of esters is 1. The molecule has 0 aromatic rings. The molecule has 0 atom stereocenters. The molecule has 7 heteroatoms. The monoisotopic (exact) mass is 435 g/mol. The van der Waals surface area contributed by atoms with Gasteiger partial charge in [-0.05, 0) is 6.42 Å². The number of hydrogen-bond acceptors (Lipinski definition) is 5. The number of unbranched alkanes of at least 4 members (excludes halogenated alkanes) is 14. The third-order valence-corrected chi connectivity index (χ3v) is 5.78. The van der Waals surface area contributed by atoms with Crippen molar-refractivity contribution in [2.75, 3.05) is 25.4 Å². The van der Waals surface area contributed by atoms with Gasteiger partial charge in [0.05, 0.1) is 5.75 Å². The van der Waals surface area contributed by atoms with Gasteiger partial charge in [0.2, 0.25) is 0 Å². The van der Waals surface area contributed by atoms with Gasteiger partial charge in [-0.1, -0.05) is 96.8 Å². The maximum atomic E-state index is 11.6. The van der Waals surface area contributed by atoms with Gasteiger partial charge in [0.15, 0.2) is 0 Å². The average Bonchev–Trinajstić information content (AvgIpc) is 2.66. The first-order chi connectivity index (χ1) is 14.0. The van der Waals surface area contributed by atoms with Crippen LogP contribution in [-0.2, 0) is 19.6 Å². The predicted molar refractivity (Wildman–Crippen MR) is 120 cm³/mol. The molecule has 0 bridgehead atoms. The van der Waals surface area contributed by atoms with Crippen molar-refractivity contribution in [1.82, 2.24) is 5.32 Å². The van der Waals surface area contributed by atoms with Crippen molar-refractivity contribution in [3.05, 3.63) is 0 Å². The standard InChI is InChI=1S/C22H45NO5S/c1-2-3-4-5-6-7-8-9-10-11-12-13-14-15-16-17-22(24)28-20-18-23-19-21-29(25,26)27/h23H,2-21H2,1H3,(H,25,26,27). The van der Waals surface area contributed by atoms with Crippen LogP contribution >= 0.6 is 0 Å². The van der Waals surface area contributed by atoms with Gasteiger partial charge in [-0.25, -0.2) is 0 Å². The molecule has 174 valence electrons. The number of hydrogen-bond donors (Lipinski definition) is 2. The zero-order valence-electron chi connectivity index (χ0n) is 18.6. The summed E-state index contributed by atoms with van der Waals surface area (Å²) in [6, 6.07) is 0. The summed E-state index contributed by atoms with van der Waals surface area (Å²) >= 11 is 0. The van der Waals surface area contributed by atoms with Crippen molar-refractivity contribution in [3.63, 3.8) is 0 Å². The zero-order valence-corrected chi connectivity index (χ0v) is 19.4. The van der Waals surface area contributed by atoms with E-state index < -0.39 is 10.1 Å². The Morgan fingerprint density at radius 1 is 0.759 bits per heavy atom. The summed E-state index contributed by atoms with van der Waals surface area (Å²) in [5, 5.41) is 2.80. The molecular formula is C22H45NO5S. The minimum atomic E-state index is -3.93. The molecule has 0 rings (SSSR count). The molecule has 0 spiro atoms. The Balaban J connectivity index is 3.19. The van der Waals surface area contributed by atoms with E-state index in [0.717, 1.165) is 12.8 Å². The summed E-state index contributed by atoms with van der Waals surface area (Å²) in [6.45, 7) is 3.02. The highest BCUT2D eigenvalue weighted by atomic mass is 32.2. The summed E-state index contributed by atoms with van der Waals surface area (Å²) in [7, 11) is -3.93. The number of nitrogens with one attached hydrogen (secondary N) is 1. The van der Waals surface area contributed by atoms with Gasteiger partial charge in [-0.2, -0.15) is 8.42 Å². The molecule has 0 amide bonds. The molecule has 0 fully saturated rings. The normalized spacial score (nSPS) is 11.7. The SMILES string of the molecule is CCCCCCCCCCCCCCCCCC(=O)OCCNCCS(=O)(=O)O. The lowest BCUT2D eigenvalue weighted by atomic mass is 10.0. The Bertz CT molecular complexity index is 468. The first kappa shape index (κ1) is 28.3. The van der Waals surface area contributed by atoms with E-state index in [1.54, 1.807) is 0 Å². The predicted octanol–water partition coefficient (Wildman–Crippen LogP) is 5.27. The Labute approximate surface area is 179 Å². The summed E-state index contributed by atoms with van der Waals surface area (Å²) in [5.41, 5.74) is 0. The van der Waals surface area contributed by atoms with E-state index in [0.29, 0.717) is 13.0 Å². The lowest BCUT2D eigenvalue weighted by Crippen LogP contribution is -2.26. The molecule has 0 aromatic heterocycles. The maximum absolute atomic E-state index is 11.6. The first-order valence-corrected chi connectivity index (χ1v) is 13.4. The minimum absolute atomic E-state index is 0.148. The fourth-order valence-electron chi connectivity index (χ4n) is 3.28. The molecule has 0 saturated carbocycles. The second-order valence-corrected chi connectivity index (χ2v) is 9.53. The molecule has 0 unspecified atom stereocenters. The molecular weight excluding hydrogens is 390 g/mol. The Morgan fingerprint density at radius 3 is 1.66 bits per heavy atom. The van der Waals surface area contributed by atoms with Crippen molar-refractivity contribution in [2.24, 2.45) is 0 Å². The van der Waals surface area contributed by atoms with Crippen LogP contribution in [0.2, 0.25) is 0 Å². The summed E-state index contributed by atoms with van der Waals surface area (Å²) in [4.78, 5) is 11.6. The highest BCUT2D eigenvalue weighted by Crippen LogP contribution is 2.13. The van der Waals surface area contributed by atoms with Crippen LogP contribution < -0.4 is 5.32 Å². The van der Waals surface area contributed by atoms with E-state index in [4.69, 9.17) is 9.29 Å². The van der Waals surface area contributed by atoms with Crippen molar-refractivity contribution >= 4 is 16.1 Å². The number of carbonyl (C=O) groups excluding carboxylic acids is 1. The molecule has 6 nitrogen and oxygen atoms in total. The van der Waals surface area contributed by atoms with Gasteiger partial charge >= 0.3 is 5.97 Å². The van der Waals surface area contributed by atoms with Crippen molar-refractivity contribution in [2.45, 2.75) is 110 Å². The lowest BCUT2D eigenvalue weighted by molar-refractivity contribution is -0.143. The third-order valence-electron chi connectivity index (χ3n) is 5.06. The molecule has 0 aliphatic heterocycles. The Hall–Kier alpha value is -0.660. The van der Waals surface area contributed by atoms with Crippen molar-refractivity contribution < 1.29 is 22.5 Å². The van der Waals surface area contributed by atoms with Gasteiger partial charge in [-0.15, -0.1) is 0 Å². The van der Waals surface area contributed by atoms with E-state index in [1.807, 2.05) is 0 Å². The molecule has 0 heterocycles. The first-order valence-electron chi connectivity index (χ1n) is 11.8. The van der Waals surface area contributed by atoms with Gasteiger partial charge in [0, 0.05) is 19.5 Å². The molecule has 0 aliphatic rings. The van der Waals surface area contributed by atoms with Crippen LogP contribution in [0.3, 0.4) is 0 Å². The summed E-state index contributed by atoms with van der Waals surface area (Å²) in [6.07, 6.45) is 19.9. The van der Waals surface area contributed by atoms with Crippen LogP contribution in [0.1, 0.15) is 110 Å². The van der Waals surface area contributed by atoms with Gasteiger partial charge < -0.3 is 10.1 Å². The van der Waals surface area contributed by atoms with Crippen molar-refractivity contribution in [3.8, 4) is 0 Å². The number of carbonyl (C=O) groups is 1. The van der Waals surface area contributed by atoms with E-state index in [9.17, 15) is 13.2 Å². The highest BCUT2D eigenvalue weighted by molar-refractivity contribution is 7.85. The molecule has 29 heavy (non-hydrogen) atoms. The summed E-state index contributed by atoms with van der Waals surface area (Å²) in [5.74, 6) is -0.531. The van der Waals surface area contributed by atoms with E-state index in [-0.39, 0.29) is 24.9 Å². The van der Waals surface area contributed by atoms with E-state index in [1.165, 1.54) is 83.5 Å². The molecule has 0 aromatic carbocycles. The second kappa shape index (κ2) is 20.6. The van der Waals surface area contributed by atoms with Crippen LogP contribution in [0.25, 0.3) is 0 Å². The van der Waals surface area contributed by atoms with Gasteiger partial charge in [-0.3, -0.25) is 9.35 Å². The topological polar surface area (TPSA) is 92.7 Å².